The number of hydrogen-bond donors (Lipinski definition) is 1. The Labute approximate surface area is 190 Å². The lowest BCUT2D eigenvalue weighted by Gasteiger charge is -2.16. The fraction of sp³-hybridized carbons (Fsp3) is 0.160. The van der Waals surface area contributed by atoms with Crippen molar-refractivity contribution in [3.05, 3.63) is 83.9 Å². The standard InChI is InChI=1S/C25H22N4O2S/c1-17-10-12-18(13-11-17)26-23(30)16-32-22-9-5-2-6-19(22)24(31)29-15-14-28-21-8-4-3-7-20(21)27-25(28)29/h2-13H,14-16H2,1H3,(H,26,30). The number of nitrogens with zero attached hydrogens (tertiary/aromatic N) is 3. The van der Waals surface area contributed by atoms with Crippen molar-refractivity contribution in [3.63, 3.8) is 0 Å². The van der Waals surface area contributed by atoms with Gasteiger partial charge in [0.05, 0.1) is 22.3 Å². The summed E-state index contributed by atoms with van der Waals surface area (Å²) in [4.78, 5) is 33.1. The maximum atomic E-state index is 13.4. The summed E-state index contributed by atoms with van der Waals surface area (Å²) in [5.74, 6) is 0.690. The van der Waals surface area contributed by atoms with Crippen molar-refractivity contribution in [2.24, 2.45) is 0 Å². The van der Waals surface area contributed by atoms with Gasteiger partial charge in [-0.25, -0.2) is 4.98 Å². The van der Waals surface area contributed by atoms with Crippen LogP contribution in [0, 0.1) is 6.92 Å². The van der Waals surface area contributed by atoms with E-state index in [1.807, 2.05) is 79.7 Å². The highest BCUT2D eigenvalue weighted by atomic mass is 32.2. The number of carbonyl (C=O) groups excluding carboxylic acids is 2. The number of nitrogens with one attached hydrogen (secondary N) is 1. The molecule has 4 aromatic rings. The lowest BCUT2D eigenvalue weighted by atomic mass is 10.2. The summed E-state index contributed by atoms with van der Waals surface area (Å²) in [5.41, 5.74) is 4.41. The number of carbonyl (C=O) groups is 2. The molecule has 0 saturated carbocycles. The van der Waals surface area contributed by atoms with Gasteiger partial charge in [-0.05, 0) is 43.3 Å². The van der Waals surface area contributed by atoms with Gasteiger partial charge in [-0.3, -0.25) is 14.5 Å². The third kappa shape index (κ3) is 3.87. The summed E-state index contributed by atoms with van der Waals surface area (Å²) >= 11 is 1.36. The van der Waals surface area contributed by atoms with Crippen LogP contribution in [0.25, 0.3) is 11.0 Å². The van der Waals surface area contributed by atoms with Crippen LogP contribution < -0.4 is 10.2 Å². The van der Waals surface area contributed by atoms with Crippen LogP contribution in [0.4, 0.5) is 11.6 Å². The van der Waals surface area contributed by atoms with E-state index in [0.717, 1.165) is 33.7 Å². The number of benzene rings is 3. The molecule has 2 amide bonds. The van der Waals surface area contributed by atoms with Crippen LogP contribution in [0.2, 0.25) is 0 Å². The van der Waals surface area contributed by atoms with Crippen molar-refractivity contribution in [3.8, 4) is 0 Å². The minimum Gasteiger partial charge on any atom is -0.325 e. The number of aromatic nitrogens is 2. The van der Waals surface area contributed by atoms with E-state index in [0.29, 0.717) is 18.1 Å². The molecule has 1 aliphatic heterocycles. The fourth-order valence-corrected chi connectivity index (χ4v) is 4.72. The van der Waals surface area contributed by atoms with Crippen molar-refractivity contribution in [1.82, 2.24) is 9.55 Å². The quantitative estimate of drug-likeness (QED) is 0.454. The van der Waals surface area contributed by atoms with E-state index >= 15 is 0 Å². The minimum atomic E-state index is -0.107. The maximum Gasteiger partial charge on any atom is 0.261 e. The zero-order chi connectivity index (χ0) is 22.1. The maximum absolute atomic E-state index is 13.4. The summed E-state index contributed by atoms with van der Waals surface area (Å²) in [5, 5.41) is 2.90. The highest BCUT2D eigenvalue weighted by molar-refractivity contribution is 8.00. The zero-order valence-electron chi connectivity index (χ0n) is 17.6. The second kappa shape index (κ2) is 8.51. The normalized spacial score (nSPS) is 12.7. The zero-order valence-corrected chi connectivity index (χ0v) is 18.4. The lowest BCUT2D eigenvalue weighted by Crippen LogP contribution is -2.30. The minimum absolute atomic E-state index is 0.0962. The average Bonchev–Trinajstić information content (AvgIpc) is 3.38. The number of hydrogen-bond acceptors (Lipinski definition) is 4. The summed E-state index contributed by atoms with van der Waals surface area (Å²) in [6.07, 6.45) is 0. The van der Waals surface area contributed by atoms with Gasteiger partial charge in [-0.2, -0.15) is 0 Å². The number of anilines is 2. The summed E-state index contributed by atoms with van der Waals surface area (Å²) < 4.78 is 2.08. The lowest BCUT2D eigenvalue weighted by molar-refractivity contribution is -0.113. The topological polar surface area (TPSA) is 67.2 Å². The molecule has 7 heteroatoms. The predicted octanol–water partition coefficient (Wildman–Crippen LogP) is 4.74. The molecule has 0 radical (unpaired) electrons. The van der Waals surface area contributed by atoms with E-state index in [4.69, 9.17) is 0 Å². The molecule has 1 aromatic heterocycles. The molecule has 0 unspecified atom stereocenters. The molecule has 0 fully saturated rings. The largest absolute Gasteiger partial charge is 0.325 e. The third-order valence-electron chi connectivity index (χ3n) is 5.48. The SMILES string of the molecule is Cc1ccc(NC(=O)CSc2ccccc2C(=O)N2CCn3c2nc2ccccc23)cc1. The van der Waals surface area contributed by atoms with Crippen LogP contribution in [-0.2, 0) is 11.3 Å². The van der Waals surface area contributed by atoms with Crippen LogP contribution in [0.5, 0.6) is 0 Å². The Morgan fingerprint density at radius 1 is 0.969 bits per heavy atom. The number of thioether (sulfide) groups is 1. The van der Waals surface area contributed by atoms with Gasteiger partial charge in [0.1, 0.15) is 0 Å². The Morgan fingerprint density at radius 2 is 1.72 bits per heavy atom. The molecular weight excluding hydrogens is 420 g/mol. The Morgan fingerprint density at radius 3 is 2.56 bits per heavy atom. The molecule has 160 valence electrons. The molecule has 5 rings (SSSR count). The second-order valence-corrected chi connectivity index (χ2v) is 8.73. The van der Waals surface area contributed by atoms with Gasteiger partial charge in [0.2, 0.25) is 11.9 Å². The van der Waals surface area contributed by atoms with Gasteiger partial charge in [0.15, 0.2) is 0 Å². The van der Waals surface area contributed by atoms with Gasteiger partial charge in [0.25, 0.3) is 5.91 Å². The van der Waals surface area contributed by atoms with Crippen LogP contribution >= 0.6 is 11.8 Å². The fourth-order valence-electron chi connectivity index (χ4n) is 3.87. The Balaban J connectivity index is 1.32. The number of rotatable bonds is 5. The molecule has 0 saturated heterocycles. The van der Waals surface area contributed by atoms with E-state index in [1.54, 1.807) is 4.90 Å². The highest BCUT2D eigenvalue weighted by Crippen LogP contribution is 2.31. The van der Waals surface area contributed by atoms with E-state index in [1.165, 1.54) is 11.8 Å². The van der Waals surface area contributed by atoms with Crippen molar-refractivity contribution in [2.75, 3.05) is 22.5 Å². The summed E-state index contributed by atoms with van der Waals surface area (Å²) in [6, 6.07) is 23.0. The van der Waals surface area contributed by atoms with Crippen LogP contribution in [0.1, 0.15) is 15.9 Å². The first kappa shape index (κ1) is 20.3. The van der Waals surface area contributed by atoms with Crippen LogP contribution in [0.3, 0.4) is 0 Å². The number of imidazole rings is 1. The molecule has 0 atom stereocenters. The molecule has 32 heavy (non-hydrogen) atoms. The van der Waals surface area contributed by atoms with Crippen molar-refractivity contribution in [2.45, 2.75) is 18.4 Å². The van der Waals surface area contributed by atoms with Crippen molar-refractivity contribution >= 4 is 46.2 Å². The number of para-hydroxylation sites is 2. The van der Waals surface area contributed by atoms with E-state index in [9.17, 15) is 9.59 Å². The molecule has 3 aromatic carbocycles. The number of amides is 2. The highest BCUT2D eigenvalue weighted by Gasteiger charge is 2.30. The molecule has 1 aliphatic rings. The van der Waals surface area contributed by atoms with Gasteiger partial charge in [-0.15, -0.1) is 11.8 Å². The number of fused-ring (bicyclic) bond motifs is 3. The van der Waals surface area contributed by atoms with Gasteiger partial charge < -0.3 is 9.88 Å². The molecule has 1 N–H and O–H groups in total. The first-order valence-electron chi connectivity index (χ1n) is 10.5. The van der Waals surface area contributed by atoms with Crippen molar-refractivity contribution in [1.29, 1.82) is 0 Å². The Hall–Kier alpha value is -3.58. The molecule has 2 heterocycles. The molecular formula is C25H22N4O2S. The molecule has 0 bridgehead atoms. The van der Waals surface area contributed by atoms with E-state index in [-0.39, 0.29) is 17.6 Å². The third-order valence-corrected chi connectivity index (χ3v) is 6.55. The molecule has 0 spiro atoms. The monoisotopic (exact) mass is 442 g/mol. The van der Waals surface area contributed by atoms with Gasteiger partial charge >= 0.3 is 0 Å². The van der Waals surface area contributed by atoms with Crippen LogP contribution in [-0.4, -0.2) is 33.7 Å². The average molecular weight is 443 g/mol. The Bertz CT molecular complexity index is 1310. The molecule has 6 nitrogen and oxygen atoms in total. The van der Waals surface area contributed by atoms with E-state index < -0.39 is 0 Å². The molecule has 0 aliphatic carbocycles. The smallest absolute Gasteiger partial charge is 0.261 e. The first-order chi connectivity index (χ1) is 15.6. The summed E-state index contributed by atoms with van der Waals surface area (Å²) in [7, 11) is 0. The van der Waals surface area contributed by atoms with Crippen molar-refractivity contribution < 1.29 is 9.59 Å². The Kier molecular flexibility index (Phi) is 5.41. The van der Waals surface area contributed by atoms with E-state index in [2.05, 4.69) is 14.9 Å². The predicted molar refractivity (Wildman–Crippen MR) is 128 cm³/mol. The summed E-state index contributed by atoms with van der Waals surface area (Å²) in [6.45, 7) is 3.31. The van der Waals surface area contributed by atoms with Gasteiger partial charge in [-0.1, -0.05) is 42.0 Å². The number of aryl methyl sites for hydroxylation is 1. The first-order valence-corrected chi connectivity index (χ1v) is 11.4. The van der Waals surface area contributed by atoms with Gasteiger partial charge in [0, 0.05) is 23.7 Å². The van der Waals surface area contributed by atoms with Crippen LogP contribution in [0.15, 0.2) is 77.7 Å². The second-order valence-electron chi connectivity index (χ2n) is 7.71.